The summed E-state index contributed by atoms with van der Waals surface area (Å²) in [6, 6.07) is 5.09. The lowest BCUT2D eigenvalue weighted by atomic mass is 10.1. The number of nitrogen functional groups attached to an aromatic ring is 1. The molecule has 0 fully saturated rings. The van der Waals surface area contributed by atoms with Crippen molar-refractivity contribution in [2.24, 2.45) is 5.92 Å². The highest BCUT2D eigenvalue weighted by Crippen LogP contribution is 2.46. The largest absolute Gasteiger partial charge is 0.497 e. The van der Waals surface area contributed by atoms with E-state index in [1.807, 2.05) is 16.7 Å². The molecular weight excluding hydrogens is 491 g/mol. The molecule has 2 heterocycles. The number of anilines is 1. The van der Waals surface area contributed by atoms with Gasteiger partial charge in [-0.3, -0.25) is 9.32 Å². The van der Waals surface area contributed by atoms with Gasteiger partial charge in [-0.25, -0.2) is 9.55 Å². The van der Waals surface area contributed by atoms with Gasteiger partial charge in [0.25, 0.3) is 0 Å². The predicted molar refractivity (Wildman–Crippen MR) is 130 cm³/mol. The average molecular weight is 518 g/mol. The molecule has 1 aliphatic rings. The number of benzene rings is 1. The summed E-state index contributed by atoms with van der Waals surface area (Å²) in [7, 11) is -1.04. The number of ether oxygens (including phenoxy) is 2. The fourth-order valence-electron chi connectivity index (χ4n) is 3.73. The van der Waals surface area contributed by atoms with Crippen molar-refractivity contribution < 1.29 is 33.0 Å². The van der Waals surface area contributed by atoms with Crippen LogP contribution >= 0.6 is 7.75 Å². The maximum Gasteiger partial charge on any atom is 0.459 e. The van der Waals surface area contributed by atoms with Crippen LogP contribution in [0, 0.1) is 5.92 Å². The number of fused-ring (bicyclic) bond motifs is 1. The van der Waals surface area contributed by atoms with Gasteiger partial charge in [0.1, 0.15) is 17.5 Å². The van der Waals surface area contributed by atoms with Gasteiger partial charge in [-0.2, -0.15) is 15.1 Å². The molecule has 2 aromatic heterocycles. The SMILES string of the molecule is COc1ccc(OP(=O)(NC(C)C(=O)O)OC[C@@H]2C=C[C@H](n3cnc4c(OC)nc(N)nc43)C2)cc1. The van der Waals surface area contributed by atoms with Gasteiger partial charge in [0, 0.05) is 5.92 Å². The number of hydrogen-bond donors (Lipinski definition) is 3. The van der Waals surface area contributed by atoms with Gasteiger partial charge in [-0.05, 0) is 37.6 Å². The van der Waals surface area contributed by atoms with Crippen LogP contribution in [0.5, 0.6) is 17.4 Å². The minimum Gasteiger partial charge on any atom is -0.497 e. The summed E-state index contributed by atoms with van der Waals surface area (Å²) >= 11 is 0. The normalized spacial score (nSPS) is 19.6. The quantitative estimate of drug-likeness (QED) is 0.251. The number of aromatic nitrogens is 4. The van der Waals surface area contributed by atoms with Gasteiger partial charge in [0.05, 0.1) is 33.2 Å². The van der Waals surface area contributed by atoms with Gasteiger partial charge < -0.3 is 29.4 Å². The van der Waals surface area contributed by atoms with E-state index in [0.717, 1.165) is 0 Å². The maximum absolute atomic E-state index is 13.5. The van der Waals surface area contributed by atoms with Crippen molar-refractivity contribution in [2.45, 2.75) is 25.4 Å². The third-order valence-corrected chi connectivity index (χ3v) is 7.22. The second-order valence-electron chi connectivity index (χ2n) is 8.11. The Bertz CT molecular complexity index is 1310. The number of nitrogens with zero attached hydrogens (tertiary/aromatic N) is 4. The molecule has 1 aromatic carbocycles. The van der Waals surface area contributed by atoms with Gasteiger partial charge in [0.2, 0.25) is 11.8 Å². The lowest BCUT2D eigenvalue weighted by Crippen LogP contribution is -2.33. The van der Waals surface area contributed by atoms with Crippen LogP contribution < -0.4 is 24.8 Å². The zero-order valence-corrected chi connectivity index (χ0v) is 20.8. The van der Waals surface area contributed by atoms with E-state index >= 15 is 0 Å². The van der Waals surface area contributed by atoms with E-state index in [1.54, 1.807) is 30.6 Å². The smallest absolute Gasteiger partial charge is 0.459 e. The number of carboxylic acids is 1. The van der Waals surface area contributed by atoms with E-state index in [-0.39, 0.29) is 36.1 Å². The Kier molecular flexibility index (Phi) is 7.43. The number of methoxy groups -OCH3 is 2. The summed E-state index contributed by atoms with van der Waals surface area (Å²) in [5.74, 6) is -0.152. The maximum atomic E-state index is 13.5. The van der Waals surface area contributed by atoms with Crippen molar-refractivity contribution in [1.29, 1.82) is 0 Å². The molecule has 14 heteroatoms. The molecule has 4 rings (SSSR count). The highest BCUT2D eigenvalue weighted by Gasteiger charge is 2.33. The summed E-state index contributed by atoms with van der Waals surface area (Å²) in [5.41, 5.74) is 6.83. The fraction of sp³-hybridized carbons (Fsp3) is 0.364. The summed E-state index contributed by atoms with van der Waals surface area (Å²) in [5, 5.41) is 11.8. The summed E-state index contributed by atoms with van der Waals surface area (Å²) in [6.45, 7) is 1.38. The van der Waals surface area contributed by atoms with Crippen LogP contribution in [0.1, 0.15) is 19.4 Å². The molecule has 0 radical (unpaired) electrons. The molecule has 4 atom stereocenters. The minimum atomic E-state index is -4.04. The Hall–Kier alpha value is -3.67. The number of allylic oxidation sites excluding steroid dienone is 1. The molecule has 0 aliphatic heterocycles. The van der Waals surface area contributed by atoms with Crippen LogP contribution in [0.4, 0.5) is 5.95 Å². The highest BCUT2D eigenvalue weighted by molar-refractivity contribution is 7.52. The first-order chi connectivity index (χ1) is 17.2. The zero-order valence-electron chi connectivity index (χ0n) is 19.9. The van der Waals surface area contributed by atoms with Crippen molar-refractivity contribution >= 4 is 30.8 Å². The number of carbonyl (C=O) groups is 1. The fourth-order valence-corrected chi connectivity index (χ4v) is 5.28. The van der Waals surface area contributed by atoms with Crippen molar-refractivity contribution in [3.05, 3.63) is 42.7 Å². The number of nitrogens with two attached hydrogens (primary N) is 1. The van der Waals surface area contributed by atoms with E-state index < -0.39 is 19.8 Å². The Balaban J connectivity index is 1.46. The Morgan fingerprint density at radius 3 is 2.61 bits per heavy atom. The first-order valence-electron chi connectivity index (χ1n) is 11.0. The van der Waals surface area contributed by atoms with Crippen LogP contribution in [0.15, 0.2) is 42.7 Å². The molecule has 36 heavy (non-hydrogen) atoms. The van der Waals surface area contributed by atoms with E-state index in [0.29, 0.717) is 23.3 Å². The Morgan fingerprint density at radius 2 is 1.94 bits per heavy atom. The van der Waals surface area contributed by atoms with Crippen molar-refractivity contribution in [3.63, 3.8) is 0 Å². The van der Waals surface area contributed by atoms with Gasteiger partial charge in [0.15, 0.2) is 11.2 Å². The van der Waals surface area contributed by atoms with E-state index in [1.165, 1.54) is 21.1 Å². The third-order valence-electron chi connectivity index (χ3n) is 5.57. The molecule has 0 amide bonds. The first kappa shape index (κ1) is 25.4. The third kappa shape index (κ3) is 5.59. The van der Waals surface area contributed by atoms with Gasteiger partial charge in [-0.1, -0.05) is 12.2 Å². The number of nitrogens with one attached hydrogen (secondary N) is 1. The minimum absolute atomic E-state index is 0.0207. The topological polar surface area (TPSA) is 173 Å². The number of imidazole rings is 1. The molecule has 4 N–H and O–H groups in total. The van der Waals surface area contributed by atoms with Crippen molar-refractivity contribution in [3.8, 4) is 17.4 Å². The van der Waals surface area contributed by atoms with Crippen molar-refractivity contribution in [2.75, 3.05) is 26.6 Å². The van der Waals surface area contributed by atoms with Crippen LogP contribution in [0.3, 0.4) is 0 Å². The molecule has 0 spiro atoms. The van der Waals surface area contributed by atoms with Gasteiger partial charge in [-0.15, -0.1) is 0 Å². The molecular formula is C22H27N6O7P. The van der Waals surface area contributed by atoms with Crippen LogP contribution in [0.25, 0.3) is 11.2 Å². The molecule has 1 aliphatic carbocycles. The molecule has 0 saturated carbocycles. The van der Waals surface area contributed by atoms with Crippen LogP contribution in [-0.4, -0.2) is 57.5 Å². The molecule has 3 aromatic rings. The second-order valence-corrected chi connectivity index (χ2v) is 9.81. The number of aliphatic carboxylic acids is 1. The first-order valence-corrected chi connectivity index (χ1v) is 12.6. The highest BCUT2D eigenvalue weighted by atomic mass is 31.2. The lowest BCUT2D eigenvalue weighted by Gasteiger charge is -2.23. The number of hydrogen-bond acceptors (Lipinski definition) is 10. The molecule has 13 nitrogen and oxygen atoms in total. The molecule has 192 valence electrons. The predicted octanol–water partition coefficient (Wildman–Crippen LogP) is 2.81. The Morgan fingerprint density at radius 1 is 1.22 bits per heavy atom. The van der Waals surface area contributed by atoms with Crippen molar-refractivity contribution in [1.82, 2.24) is 24.6 Å². The number of rotatable bonds is 11. The monoisotopic (exact) mass is 518 g/mol. The average Bonchev–Trinajstić information content (AvgIpc) is 3.49. The summed E-state index contributed by atoms with van der Waals surface area (Å²) in [4.78, 5) is 24.0. The molecule has 0 bridgehead atoms. The molecule has 0 saturated heterocycles. The number of carboxylic acid groups (broad SMARTS) is 1. The van der Waals surface area contributed by atoms with Crippen LogP contribution in [0.2, 0.25) is 0 Å². The zero-order chi connectivity index (χ0) is 25.9. The summed E-state index contributed by atoms with van der Waals surface area (Å²) < 4.78 is 37.0. The van der Waals surface area contributed by atoms with E-state index in [9.17, 15) is 14.5 Å². The van der Waals surface area contributed by atoms with Gasteiger partial charge >= 0.3 is 13.7 Å². The van der Waals surface area contributed by atoms with Crippen LogP contribution in [-0.2, 0) is 13.9 Å². The van der Waals surface area contributed by atoms with E-state index in [4.69, 9.17) is 24.3 Å². The van der Waals surface area contributed by atoms with E-state index in [2.05, 4.69) is 20.0 Å². The Labute approximate surface area is 206 Å². The summed E-state index contributed by atoms with van der Waals surface area (Å²) in [6.07, 6.45) is 6.11. The molecule has 2 unspecified atom stereocenters. The standard InChI is InChI=1S/C22H27N6O7P/c1-13(21(29)30)27-36(31,35-17-8-6-16(32-2)7-9-17)34-11-14-4-5-15(10-14)28-12-24-18-19(28)25-22(23)26-20(18)33-3/h4-9,12-15H,10-11H2,1-3H3,(H,27,31)(H,29,30)(H2,23,25,26)/t13?,14-,15+,36?/m1/s1. The lowest BCUT2D eigenvalue weighted by molar-refractivity contribution is -0.138. The second kappa shape index (κ2) is 10.5.